The molecule has 132 valence electrons. The van der Waals surface area contributed by atoms with Gasteiger partial charge in [-0.1, -0.05) is 19.3 Å². The minimum atomic E-state index is -0.512. The molecule has 0 unspecified atom stereocenters. The van der Waals surface area contributed by atoms with E-state index in [9.17, 15) is 9.59 Å². The molecule has 0 saturated heterocycles. The molecule has 0 amide bonds. The summed E-state index contributed by atoms with van der Waals surface area (Å²) < 4.78 is 9.60. The Hall–Kier alpha value is -1.67. The van der Waals surface area contributed by atoms with Crippen LogP contribution in [0.4, 0.5) is 5.00 Å². The Bertz CT molecular complexity index is 636. The van der Waals surface area contributed by atoms with E-state index in [1.165, 1.54) is 33.5 Å². The van der Waals surface area contributed by atoms with Crippen LogP contribution in [-0.4, -0.2) is 37.3 Å². The van der Waals surface area contributed by atoms with Gasteiger partial charge in [0.2, 0.25) is 0 Å². The van der Waals surface area contributed by atoms with Crippen LogP contribution in [0.5, 0.6) is 0 Å². The number of hydrogen-bond donors (Lipinski definition) is 2. The Morgan fingerprint density at radius 2 is 1.75 bits per heavy atom. The summed E-state index contributed by atoms with van der Waals surface area (Å²) in [5, 5.41) is 7.27. The van der Waals surface area contributed by atoms with E-state index in [2.05, 4.69) is 10.6 Å². The molecule has 1 fully saturated rings. The molecular formula is C16H22N2O4S2. The highest BCUT2D eigenvalue weighted by Crippen LogP contribution is 2.34. The zero-order valence-corrected chi connectivity index (χ0v) is 15.7. The molecule has 1 aliphatic rings. The number of carbonyl (C=O) groups is 2. The first kappa shape index (κ1) is 18.7. The van der Waals surface area contributed by atoms with Crippen LogP contribution in [0, 0.1) is 6.92 Å². The minimum absolute atomic E-state index is 0.315. The van der Waals surface area contributed by atoms with Crippen molar-refractivity contribution < 1.29 is 19.1 Å². The Morgan fingerprint density at radius 1 is 1.12 bits per heavy atom. The lowest BCUT2D eigenvalue weighted by atomic mass is 9.96. The number of rotatable bonds is 4. The standard InChI is InChI=1S/C16H22N2O4S2/c1-9-11(14(19)21-2)13(24-12(9)15(20)22-3)18-16(23)17-10-7-5-4-6-8-10/h10H,4-8H2,1-3H3,(H2,17,18,23). The number of nitrogens with one attached hydrogen (secondary N) is 2. The van der Waals surface area contributed by atoms with E-state index in [4.69, 9.17) is 21.7 Å². The molecule has 0 radical (unpaired) electrons. The van der Waals surface area contributed by atoms with Gasteiger partial charge in [-0.05, 0) is 37.5 Å². The predicted octanol–water partition coefficient (Wildman–Crippen LogP) is 3.25. The van der Waals surface area contributed by atoms with Crippen LogP contribution in [-0.2, 0) is 9.47 Å². The van der Waals surface area contributed by atoms with E-state index in [1.807, 2.05) is 0 Å². The molecule has 0 bridgehead atoms. The van der Waals surface area contributed by atoms with Crippen molar-refractivity contribution in [3.8, 4) is 0 Å². The molecule has 1 heterocycles. The molecule has 1 saturated carbocycles. The SMILES string of the molecule is COC(=O)c1sc(NC(=S)NC2CCCCC2)c(C(=O)OC)c1C. The fourth-order valence-electron chi connectivity index (χ4n) is 2.81. The largest absolute Gasteiger partial charge is 0.465 e. The molecule has 2 N–H and O–H groups in total. The van der Waals surface area contributed by atoms with Gasteiger partial charge in [-0.25, -0.2) is 9.59 Å². The van der Waals surface area contributed by atoms with Gasteiger partial charge in [-0.15, -0.1) is 11.3 Å². The molecule has 0 spiro atoms. The molecule has 1 aromatic heterocycles. The van der Waals surface area contributed by atoms with Crippen molar-refractivity contribution in [1.29, 1.82) is 0 Å². The maximum absolute atomic E-state index is 12.1. The first-order chi connectivity index (χ1) is 11.5. The monoisotopic (exact) mass is 370 g/mol. The van der Waals surface area contributed by atoms with Gasteiger partial charge >= 0.3 is 11.9 Å². The van der Waals surface area contributed by atoms with E-state index in [-0.39, 0.29) is 0 Å². The van der Waals surface area contributed by atoms with Gasteiger partial charge in [0, 0.05) is 6.04 Å². The number of thiocarbonyl (C=S) groups is 1. The molecule has 0 atom stereocenters. The quantitative estimate of drug-likeness (QED) is 0.622. The highest BCUT2D eigenvalue weighted by molar-refractivity contribution is 7.80. The van der Waals surface area contributed by atoms with Gasteiger partial charge < -0.3 is 20.1 Å². The summed E-state index contributed by atoms with van der Waals surface area (Å²) in [5.74, 6) is -0.997. The molecule has 8 heteroatoms. The summed E-state index contributed by atoms with van der Waals surface area (Å²) in [7, 11) is 2.61. The van der Waals surface area contributed by atoms with Crippen molar-refractivity contribution >= 4 is 45.6 Å². The first-order valence-corrected chi connectivity index (χ1v) is 9.08. The third-order valence-corrected chi connectivity index (χ3v) is 5.48. The van der Waals surface area contributed by atoms with Gasteiger partial charge in [-0.3, -0.25) is 0 Å². The molecule has 6 nitrogen and oxygen atoms in total. The van der Waals surface area contributed by atoms with E-state index in [0.717, 1.165) is 24.2 Å². The highest BCUT2D eigenvalue weighted by atomic mass is 32.1. The molecule has 1 aliphatic carbocycles. The number of hydrogen-bond acceptors (Lipinski definition) is 6. The van der Waals surface area contributed by atoms with E-state index < -0.39 is 11.9 Å². The van der Waals surface area contributed by atoms with E-state index in [0.29, 0.717) is 32.2 Å². The third kappa shape index (κ3) is 4.24. The van der Waals surface area contributed by atoms with Crippen LogP contribution in [0.15, 0.2) is 0 Å². The van der Waals surface area contributed by atoms with Gasteiger partial charge in [0.1, 0.15) is 9.88 Å². The average Bonchev–Trinajstić information content (AvgIpc) is 2.90. The van der Waals surface area contributed by atoms with Crippen molar-refractivity contribution in [3.05, 3.63) is 16.0 Å². The fourth-order valence-corrected chi connectivity index (χ4v) is 4.26. The topological polar surface area (TPSA) is 76.7 Å². The lowest BCUT2D eigenvalue weighted by molar-refractivity contribution is 0.0601. The van der Waals surface area contributed by atoms with Gasteiger partial charge in [-0.2, -0.15) is 0 Å². The van der Waals surface area contributed by atoms with Gasteiger partial charge in [0.15, 0.2) is 5.11 Å². The lowest BCUT2D eigenvalue weighted by Crippen LogP contribution is -2.38. The van der Waals surface area contributed by atoms with Crippen LogP contribution in [0.3, 0.4) is 0 Å². The average molecular weight is 370 g/mol. The van der Waals surface area contributed by atoms with Crippen molar-refractivity contribution in [3.63, 3.8) is 0 Å². The van der Waals surface area contributed by atoms with Crippen LogP contribution >= 0.6 is 23.6 Å². The summed E-state index contributed by atoms with van der Waals surface area (Å²) in [4.78, 5) is 24.3. The van der Waals surface area contributed by atoms with Gasteiger partial charge in [0.05, 0.1) is 19.8 Å². The van der Waals surface area contributed by atoms with Crippen molar-refractivity contribution in [1.82, 2.24) is 5.32 Å². The summed E-state index contributed by atoms with van der Waals surface area (Å²) in [6, 6.07) is 0.349. The Morgan fingerprint density at radius 3 is 2.33 bits per heavy atom. The van der Waals surface area contributed by atoms with Gasteiger partial charge in [0.25, 0.3) is 0 Å². The zero-order valence-electron chi connectivity index (χ0n) is 14.1. The summed E-state index contributed by atoms with van der Waals surface area (Å²) in [6.07, 6.45) is 5.82. The maximum Gasteiger partial charge on any atom is 0.348 e. The smallest absolute Gasteiger partial charge is 0.348 e. The minimum Gasteiger partial charge on any atom is -0.465 e. The summed E-state index contributed by atoms with van der Waals surface area (Å²) in [6.45, 7) is 1.69. The number of methoxy groups -OCH3 is 2. The second kappa shape index (κ2) is 8.43. The fraction of sp³-hybridized carbons (Fsp3) is 0.562. The predicted molar refractivity (Wildman–Crippen MR) is 98.0 cm³/mol. The normalized spacial score (nSPS) is 14.8. The molecule has 0 aliphatic heterocycles. The number of carbonyl (C=O) groups excluding carboxylic acids is 2. The maximum atomic E-state index is 12.1. The summed E-state index contributed by atoms with van der Waals surface area (Å²) in [5.41, 5.74) is 0.845. The third-order valence-electron chi connectivity index (χ3n) is 4.07. The van der Waals surface area contributed by atoms with E-state index in [1.54, 1.807) is 6.92 Å². The zero-order chi connectivity index (χ0) is 17.7. The Balaban J connectivity index is 2.19. The highest BCUT2D eigenvalue weighted by Gasteiger charge is 2.26. The second-order valence-electron chi connectivity index (χ2n) is 5.68. The Kier molecular flexibility index (Phi) is 6.56. The Labute approximate surface area is 150 Å². The van der Waals surface area contributed by atoms with Crippen LogP contribution in [0.1, 0.15) is 57.7 Å². The second-order valence-corrected chi connectivity index (χ2v) is 7.11. The molecule has 24 heavy (non-hydrogen) atoms. The number of ether oxygens (including phenoxy) is 2. The van der Waals surface area contributed by atoms with Crippen LogP contribution in [0.25, 0.3) is 0 Å². The lowest BCUT2D eigenvalue weighted by Gasteiger charge is -2.24. The van der Waals surface area contributed by atoms with Crippen molar-refractivity contribution in [2.75, 3.05) is 19.5 Å². The first-order valence-electron chi connectivity index (χ1n) is 7.85. The van der Waals surface area contributed by atoms with Crippen LogP contribution in [0.2, 0.25) is 0 Å². The van der Waals surface area contributed by atoms with Crippen molar-refractivity contribution in [2.24, 2.45) is 0 Å². The molecule has 2 rings (SSSR count). The summed E-state index contributed by atoms with van der Waals surface area (Å²) >= 11 is 6.50. The van der Waals surface area contributed by atoms with Crippen molar-refractivity contribution in [2.45, 2.75) is 45.1 Å². The number of esters is 2. The number of thiophene rings is 1. The molecule has 1 aromatic rings. The van der Waals surface area contributed by atoms with Crippen LogP contribution < -0.4 is 10.6 Å². The molecular weight excluding hydrogens is 348 g/mol. The molecule has 0 aromatic carbocycles. The van der Waals surface area contributed by atoms with E-state index >= 15 is 0 Å². The number of anilines is 1.